The van der Waals surface area contributed by atoms with E-state index in [0.29, 0.717) is 12.5 Å². The molecular formula is C24H28N2O2. The lowest BCUT2D eigenvalue weighted by atomic mass is 9.91. The van der Waals surface area contributed by atoms with Crippen LogP contribution in [-0.2, 0) is 0 Å². The van der Waals surface area contributed by atoms with E-state index < -0.39 is 0 Å². The van der Waals surface area contributed by atoms with Gasteiger partial charge in [0.1, 0.15) is 5.75 Å². The van der Waals surface area contributed by atoms with Gasteiger partial charge in [-0.25, -0.2) is 0 Å². The van der Waals surface area contributed by atoms with Crippen LogP contribution in [0.2, 0.25) is 0 Å². The first-order valence-electron chi connectivity index (χ1n) is 10.2. The molecule has 1 aliphatic rings. The molecule has 3 aromatic rings. The number of ether oxygens (including phenoxy) is 1. The number of nitrogens with one attached hydrogen (secondary N) is 1. The van der Waals surface area contributed by atoms with Crippen LogP contribution >= 0.6 is 0 Å². The fraction of sp³-hybridized carbons (Fsp3) is 0.375. The molecule has 2 heterocycles. The molecule has 1 amide bonds. The first-order valence-corrected chi connectivity index (χ1v) is 10.2. The van der Waals surface area contributed by atoms with E-state index in [1.54, 1.807) is 0 Å². The lowest BCUT2D eigenvalue weighted by Gasteiger charge is -2.32. The number of fused-ring (bicyclic) bond motifs is 1. The lowest BCUT2D eigenvalue weighted by Crippen LogP contribution is -2.38. The molecule has 1 saturated heterocycles. The van der Waals surface area contributed by atoms with Crippen molar-refractivity contribution >= 4 is 16.8 Å². The van der Waals surface area contributed by atoms with Crippen molar-refractivity contribution in [2.45, 2.75) is 39.5 Å². The largest absolute Gasteiger partial charge is 0.494 e. The van der Waals surface area contributed by atoms with E-state index >= 15 is 0 Å². The molecular weight excluding hydrogens is 348 g/mol. The van der Waals surface area contributed by atoms with Gasteiger partial charge in [0.2, 0.25) is 0 Å². The van der Waals surface area contributed by atoms with Gasteiger partial charge in [-0.3, -0.25) is 4.79 Å². The number of aryl methyl sites for hydroxylation is 2. The van der Waals surface area contributed by atoms with Crippen LogP contribution in [0, 0.1) is 13.8 Å². The number of benzene rings is 2. The standard InChI is InChI=1S/C24H28N2O2/c1-4-28-20-8-6-19(7-9-20)24(27)26-13-11-18(12-14-26)23-17(3)21-15-16(2)5-10-22(21)25-23/h5-10,15,18,25H,4,11-14H2,1-3H3. The van der Waals surface area contributed by atoms with Gasteiger partial charge in [0, 0.05) is 41.2 Å². The molecule has 0 bridgehead atoms. The number of carbonyl (C=O) groups excluding carboxylic acids is 1. The summed E-state index contributed by atoms with van der Waals surface area (Å²) in [6.45, 7) is 8.53. The van der Waals surface area contributed by atoms with Crippen LogP contribution in [0.5, 0.6) is 5.75 Å². The maximum Gasteiger partial charge on any atom is 0.253 e. The summed E-state index contributed by atoms with van der Waals surface area (Å²) in [5.74, 6) is 1.41. The molecule has 4 heteroatoms. The molecule has 146 valence electrons. The summed E-state index contributed by atoms with van der Waals surface area (Å²) >= 11 is 0. The summed E-state index contributed by atoms with van der Waals surface area (Å²) in [7, 11) is 0. The fourth-order valence-corrected chi connectivity index (χ4v) is 4.28. The number of carbonyl (C=O) groups is 1. The average molecular weight is 377 g/mol. The van der Waals surface area contributed by atoms with Crippen molar-refractivity contribution in [3.63, 3.8) is 0 Å². The minimum absolute atomic E-state index is 0.116. The summed E-state index contributed by atoms with van der Waals surface area (Å²) in [6, 6.07) is 14.1. The molecule has 28 heavy (non-hydrogen) atoms. The van der Waals surface area contributed by atoms with Crippen LogP contribution in [0.4, 0.5) is 0 Å². The van der Waals surface area contributed by atoms with Gasteiger partial charge in [-0.1, -0.05) is 11.6 Å². The Bertz CT molecular complexity index is 980. The second kappa shape index (κ2) is 7.70. The van der Waals surface area contributed by atoms with Gasteiger partial charge in [-0.05, 0) is 75.6 Å². The SMILES string of the molecule is CCOc1ccc(C(=O)N2CCC(c3[nH]c4ccc(C)cc4c3C)CC2)cc1. The zero-order valence-electron chi connectivity index (χ0n) is 16.9. The molecule has 2 aromatic carbocycles. The van der Waals surface area contributed by atoms with E-state index in [9.17, 15) is 4.79 Å². The number of H-pyrrole nitrogens is 1. The Morgan fingerprint density at radius 1 is 1.11 bits per heavy atom. The van der Waals surface area contributed by atoms with Gasteiger partial charge in [0.05, 0.1) is 6.61 Å². The highest BCUT2D eigenvalue weighted by atomic mass is 16.5. The van der Waals surface area contributed by atoms with Gasteiger partial charge >= 0.3 is 0 Å². The molecule has 1 N–H and O–H groups in total. The predicted molar refractivity (Wildman–Crippen MR) is 113 cm³/mol. The van der Waals surface area contributed by atoms with Crippen LogP contribution in [0.15, 0.2) is 42.5 Å². The van der Waals surface area contributed by atoms with Gasteiger partial charge in [0.15, 0.2) is 0 Å². The molecule has 1 aromatic heterocycles. The van der Waals surface area contributed by atoms with Crippen LogP contribution < -0.4 is 4.74 Å². The summed E-state index contributed by atoms with van der Waals surface area (Å²) < 4.78 is 5.46. The summed E-state index contributed by atoms with van der Waals surface area (Å²) in [6.07, 6.45) is 1.99. The highest BCUT2D eigenvalue weighted by molar-refractivity contribution is 5.94. The maximum atomic E-state index is 12.8. The molecule has 4 nitrogen and oxygen atoms in total. The predicted octanol–water partition coefficient (Wildman–Crippen LogP) is 5.20. The Hall–Kier alpha value is -2.75. The number of hydrogen-bond donors (Lipinski definition) is 1. The van der Waals surface area contributed by atoms with E-state index in [4.69, 9.17) is 4.74 Å². The number of amides is 1. The van der Waals surface area contributed by atoms with Crippen molar-refractivity contribution < 1.29 is 9.53 Å². The molecule has 0 radical (unpaired) electrons. The summed E-state index contributed by atoms with van der Waals surface area (Å²) in [5.41, 5.74) is 5.94. The van der Waals surface area contributed by atoms with E-state index in [1.807, 2.05) is 36.1 Å². The number of aromatic amines is 1. The second-order valence-corrected chi connectivity index (χ2v) is 7.74. The fourth-order valence-electron chi connectivity index (χ4n) is 4.28. The third kappa shape index (κ3) is 3.51. The average Bonchev–Trinajstić information content (AvgIpc) is 3.04. The minimum Gasteiger partial charge on any atom is -0.494 e. The highest BCUT2D eigenvalue weighted by Gasteiger charge is 2.26. The number of nitrogens with zero attached hydrogens (tertiary/aromatic N) is 1. The minimum atomic E-state index is 0.116. The first-order chi connectivity index (χ1) is 13.6. The molecule has 0 saturated carbocycles. The normalized spacial score (nSPS) is 15.2. The van der Waals surface area contributed by atoms with E-state index in [2.05, 4.69) is 37.0 Å². The van der Waals surface area contributed by atoms with Crippen LogP contribution in [-0.4, -0.2) is 35.5 Å². The Morgan fingerprint density at radius 3 is 2.50 bits per heavy atom. The second-order valence-electron chi connectivity index (χ2n) is 7.74. The molecule has 0 unspecified atom stereocenters. The van der Waals surface area contributed by atoms with Crippen molar-refractivity contribution in [3.05, 3.63) is 64.8 Å². The number of aromatic nitrogens is 1. The molecule has 0 spiro atoms. The van der Waals surface area contributed by atoms with Gasteiger partial charge in [-0.2, -0.15) is 0 Å². The Labute approximate surface area is 166 Å². The van der Waals surface area contributed by atoms with E-state index in [-0.39, 0.29) is 5.91 Å². The van der Waals surface area contributed by atoms with Crippen molar-refractivity contribution in [1.29, 1.82) is 0 Å². The first kappa shape index (κ1) is 18.6. The number of rotatable bonds is 4. The van der Waals surface area contributed by atoms with E-state index in [1.165, 1.54) is 27.7 Å². The monoisotopic (exact) mass is 376 g/mol. The number of piperidine rings is 1. The number of hydrogen-bond acceptors (Lipinski definition) is 2. The van der Waals surface area contributed by atoms with Gasteiger partial charge in [-0.15, -0.1) is 0 Å². The molecule has 1 aliphatic heterocycles. The summed E-state index contributed by atoms with van der Waals surface area (Å²) in [4.78, 5) is 18.5. The molecule has 1 fully saturated rings. The van der Waals surface area contributed by atoms with Gasteiger partial charge < -0.3 is 14.6 Å². The quantitative estimate of drug-likeness (QED) is 0.680. The van der Waals surface area contributed by atoms with Crippen molar-refractivity contribution in [3.8, 4) is 5.75 Å². The molecule has 0 atom stereocenters. The maximum absolute atomic E-state index is 12.8. The smallest absolute Gasteiger partial charge is 0.253 e. The third-order valence-electron chi connectivity index (χ3n) is 5.86. The Balaban J connectivity index is 1.44. The lowest BCUT2D eigenvalue weighted by molar-refractivity contribution is 0.0712. The van der Waals surface area contributed by atoms with Crippen LogP contribution in [0.3, 0.4) is 0 Å². The van der Waals surface area contributed by atoms with Crippen molar-refractivity contribution in [2.24, 2.45) is 0 Å². The zero-order valence-corrected chi connectivity index (χ0v) is 16.9. The van der Waals surface area contributed by atoms with Crippen molar-refractivity contribution in [1.82, 2.24) is 9.88 Å². The Morgan fingerprint density at radius 2 is 1.82 bits per heavy atom. The Kier molecular flexibility index (Phi) is 5.12. The number of likely N-dealkylation sites (tertiary alicyclic amines) is 1. The topological polar surface area (TPSA) is 45.3 Å². The van der Waals surface area contributed by atoms with E-state index in [0.717, 1.165) is 37.2 Å². The highest BCUT2D eigenvalue weighted by Crippen LogP contribution is 2.34. The molecule has 0 aliphatic carbocycles. The van der Waals surface area contributed by atoms with Crippen LogP contribution in [0.25, 0.3) is 10.9 Å². The zero-order chi connectivity index (χ0) is 19.7. The third-order valence-corrected chi connectivity index (χ3v) is 5.86. The van der Waals surface area contributed by atoms with Gasteiger partial charge in [0.25, 0.3) is 5.91 Å². The van der Waals surface area contributed by atoms with Crippen molar-refractivity contribution in [2.75, 3.05) is 19.7 Å². The summed E-state index contributed by atoms with van der Waals surface area (Å²) in [5, 5.41) is 1.32. The van der Waals surface area contributed by atoms with Crippen LogP contribution in [0.1, 0.15) is 52.9 Å². The molecule has 4 rings (SSSR count).